The Balaban J connectivity index is 1.47. The maximum absolute atomic E-state index is 12.9. The largest absolute Gasteiger partial charge is 0.486 e. The van der Waals surface area contributed by atoms with Crippen LogP contribution in [0.4, 0.5) is 5.69 Å². The van der Waals surface area contributed by atoms with Crippen molar-refractivity contribution < 1.29 is 19.1 Å². The molecular formula is C21H21BrN2O4S. The van der Waals surface area contributed by atoms with Gasteiger partial charge in [-0.05, 0) is 40.9 Å². The minimum atomic E-state index is -0.237. The average molecular weight is 477 g/mol. The molecule has 2 aromatic carbocycles. The molecule has 2 aromatic rings. The van der Waals surface area contributed by atoms with Gasteiger partial charge >= 0.3 is 0 Å². The summed E-state index contributed by atoms with van der Waals surface area (Å²) in [6, 6.07) is 10.9. The number of fused-ring (bicyclic) bond motifs is 1. The standard InChI is InChI=1S/C21H21BrN2O4S/c22-15-11-17-18(28-10-9-27-17)12-16(15)23-21(26)14-5-1-2-6-19(14)29-13-20(25)24-7-3-4-8-24/h1-2,5-6,11-12H,3-4,7-10,13H2,(H,23,26). The molecule has 0 atom stereocenters. The Kier molecular flexibility index (Phi) is 6.30. The molecule has 2 aliphatic heterocycles. The van der Waals surface area contributed by atoms with E-state index < -0.39 is 0 Å². The molecule has 8 heteroatoms. The number of likely N-dealkylation sites (tertiary alicyclic amines) is 1. The second-order valence-electron chi connectivity index (χ2n) is 6.80. The predicted octanol–water partition coefficient (Wildman–Crippen LogP) is 4.19. The minimum Gasteiger partial charge on any atom is -0.486 e. The molecule has 1 N–H and O–H groups in total. The zero-order valence-corrected chi connectivity index (χ0v) is 18.2. The van der Waals surface area contributed by atoms with E-state index in [1.54, 1.807) is 18.2 Å². The number of carbonyl (C=O) groups is 2. The van der Waals surface area contributed by atoms with Gasteiger partial charge < -0.3 is 19.7 Å². The van der Waals surface area contributed by atoms with Crippen LogP contribution in [0.15, 0.2) is 45.8 Å². The summed E-state index contributed by atoms with van der Waals surface area (Å²) >= 11 is 4.88. The fourth-order valence-electron chi connectivity index (χ4n) is 3.33. The summed E-state index contributed by atoms with van der Waals surface area (Å²) in [5, 5.41) is 2.93. The number of amides is 2. The van der Waals surface area contributed by atoms with Crippen LogP contribution in [-0.4, -0.2) is 48.8 Å². The molecular weight excluding hydrogens is 456 g/mol. The smallest absolute Gasteiger partial charge is 0.256 e. The first kappa shape index (κ1) is 20.1. The number of thioether (sulfide) groups is 1. The van der Waals surface area contributed by atoms with E-state index in [2.05, 4.69) is 21.2 Å². The first-order valence-electron chi connectivity index (χ1n) is 9.52. The number of nitrogens with zero attached hydrogens (tertiary/aromatic N) is 1. The Labute approximate surface area is 182 Å². The van der Waals surface area contributed by atoms with Gasteiger partial charge in [0, 0.05) is 34.6 Å². The van der Waals surface area contributed by atoms with Gasteiger partial charge in [-0.1, -0.05) is 12.1 Å². The van der Waals surface area contributed by atoms with Gasteiger partial charge in [-0.3, -0.25) is 9.59 Å². The summed E-state index contributed by atoms with van der Waals surface area (Å²) < 4.78 is 11.9. The summed E-state index contributed by atoms with van der Waals surface area (Å²) in [7, 11) is 0. The highest BCUT2D eigenvalue weighted by atomic mass is 79.9. The fraction of sp³-hybridized carbons (Fsp3) is 0.333. The predicted molar refractivity (Wildman–Crippen MR) is 116 cm³/mol. The van der Waals surface area contributed by atoms with Crippen LogP contribution in [0.2, 0.25) is 0 Å². The lowest BCUT2D eigenvalue weighted by molar-refractivity contribution is -0.127. The van der Waals surface area contributed by atoms with E-state index in [-0.39, 0.29) is 11.8 Å². The molecule has 2 heterocycles. The van der Waals surface area contributed by atoms with Crippen LogP contribution < -0.4 is 14.8 Å². The average Bonchev–Trinajstić information content (AvgIpc) is 3.28. The number of ether oxygens (including phenoxy) is 2. The number of rotatable bonds is 5. The number of nitrogens with one attached hydrogen (secondary N) is 1. The molecule has 2 amide bonds. The summed E-state index contributed by atoms with van der Waals surface area (Å²) in [4.78, 5) is 28.0. The van der Waals surface area contributed by atoms with Crippen molar-refractivity contribution in [2.45, 2.75) is 17.7 Å². The highest BCUT2D eigenvalue weighted by Crippen LogP contribution is 2.38. The van der Waals surface area contributed by atoms with E-state index in [9.17, 15) is 9.59 Å². The Morgan fingerprint density at radius 1 is 1.07 bits per heavy atom. The van der Waals surface area contributed by atoms with Crippen LogP contribution in [0.25, 0.3) is 0 Å². The lowest BCUT2D eigenvalue weighted by Gasteiger charge is -2.20. The number of halogens is 1. The molecule has 0 radical (unpaired) electrons. The first-order valence-corrected chi connectivity index (χ1v) is 11.3. The SMILES string of the molecule is O=C(Nc1cc2c(cc1Br)OCCO2)c1ccccc1SCC(=O)N1CCCC1. The van der Waals surface area contributed by atoms with Crippen molar-refractivity contribution in [3.8, 4) is 11.5 Å². The van der Waals surface area contributed by atoms with Gasteiger partial charge in [0.25, 0.3) is 5.91 Å². The summed E-state index contributed by atoms with van der Waals surface area (Å²) in [6.07, 6.45) is 2.14. The Morgan fingerprint density at radius 2 is 1.76 bits per heavy atom. The zero-order valence-electron chi connectivity index (χ0n) is 15.8. The third-order valence-electron chi connectivity index (χ3n) is 4.82. The summed E-state index contributed by atoms with van der Waals surface area (Å²) in [5.74, 6) is 1.47. The molecule has 29 heavy (non-hydrogen) atoms. The van der Waals surface area contributed by atoms with Crippen LogP contribution in [0.1, 0.15) is 23.2 Å². The molecule has 0 aliphatic carbocycles. The summed E-state index contributed by atoms with van der Waals surface area (Å²) in [6.45, 7) is 2.65. The van der Waals surface area contributed by atoms with Gasteiger partial charge in [-0.15, -0.1) is 11.8 Å². The van der Waals surface area contributed by atoms with Crippen molar-refractivity contribution in [3.05, 3.63) is 46.4 Å². The van der Waals surface area contributed by atoms with E-state index >= 15 is 0 Å². The number of hydrogen-bond acceptors (Lipinski definition) is 5. The molecule has 1 fully saturated rings. The zero-order chi connectivity index (χ0) is 20.2. The molecule has 0 bridgehead atoms. The van der Waals surface area contributed by atoms with E-state index in [0.29, 0.717) is 46.2 Å². The first-order chi connectivity index (χ1) is 14.1. The highest BCUT2D eigenvalue weighted by Gasteiger charge is 2.20. The second-order valence-corrected chi connectivity index (χ2v) is 8.67. The maximum atomic E-state index is 12.9. The van der Waals surface area contributed by atoms with Gasteiger partial charge in [0.1, 0.15) is 13.2 Å². The molecule has 152 valence electrons. The number of carbonyl (C=O) groups excluding carboxylic acids is 2. The lowest BCUT2D eigenvalue weighted by atomic mass is 10.2. The fourth-order valence-corrected chi connectivity index (χ4v) is 4.70. The van der Waals surface area contributed by atoms with Crippen molar-refractivity contribution >= 4 is 45.2 Å². The highest BCUT2D eigenvalue weighted by molar-refractivity contribution is 9.10. The van der Waals surface area contributed by atoms with Gasteiger partial charge in [0.05, 0.1) is 17.0 Å². The number of anilines is 1. The maximum Gasteiger partial charge on any atom is 0.256 e. The van der Waals surface area contributed by atoms with E-state index in [1.807, 2.05) is 23.1 Å². The number of benzene rings is 2. The molecule has 0 saturated carbocycles. The molecule has 0 spiro atoms. The quantitative estimate of drug-likeness (QED) is 0.655. The van der Waals surface area contributed by atoms with Crippen LogP contribution in [0.5, 0.6) is 11.5 Å². The van der Waals surface area contributed by atoms with E-state index in [1.165, 1.54) is 11.8 Å². The molecule has 2 aliphatic rings. The minimum absolute atomic E-state index is 0.122. The van der Waals surface area contributed by atoms with Crippen molar-refractivity contribution in [3.63, 3.8) is 0 Å². The molecule has 0 unspecified atom stereocenters. The Bertz CT molecular complexity index is 931. The van der Waals surface area contributed by atoms with Gasteiger partial charge in [-0.2, -0.15) is 0 Å². The van der Waals surface area contributed by atoms with Crippen LogP contribution >= 0.6 is 27.7 Å². The topological polar surface area (TPSA) is 67.9 Å². The Hall–Kier alpha value is -2.19. The third kappa shape index (κ3) is 4.70. The normalized spacial score (nSPS) is 15.3. The van der Waals surface area contributed by atoms with Crippen LogP contribution in [0.3, 0.4) is 0 Å². The third-order valence-corrected chi connectivity index (χ3v) is 6.54. The molecule has 6 nitrogen and oxygen atoms in total. The summed E-state index contributed by atoms with van der Waals surface area (Å²) in [5.41, 5.74) is 1.14. The Morgan fingerprint density at radius 3 is 2.52 bits per heavy atom. The van der Waals surface area contributed by atoms with Crippen molar-refractivity contribution in [2.24, 2.45) is 0 Å². The van der Waals surface area contributed by atoms with Crippen molar-refractivity contribution in [1.82, 2.24) is 4.90 Å². The van der Waals surface area contributed by atoms with Gasteiger partial charge in [0.2, 0.25) is 5.91 Å². The lowest BCUT2D eigenvalue weighted by Crippen LogP contribution is -2.29. The monoisotopic (exact) mass is 476 g/mol. The molecule has 1 saturated heterocycles. The van der Waals surface area contributed by atoms with E-state index in [4.69, 9.17) is 9.47 Å². The van der Waals surface area contributed by atoms with Crippen molar-refractivity contribution in [2.75, 3.05) is 37.4 Å². The van der Waals surface area contributed by atoms with Crippen molar-refractivity contribution in [1.29, 1.82) is 0 Å². The van der Waals surface area contributed by atoms with Crippen LogP contribution in [-0.2, 0) is 4.79 Å². The second kappa shape index (κ2) is 9.09. The number of hydrogen-bond donors (Lipinski definition) is 1. The van der Waals surface area contributed by atoms with Crippen LogP contribution in [0, 0.1) is 0 Å². The van der Waals surface area contributed by atoms with Gasteiger partial charge in [-0.25, -0.2) is 0 Å². The van der Waals surface area contributed by atoms with Gasteiger partial charge in [0.15, 0.2) is 11.5 Å². The molecule has 4 rings (SSSR count). The van der Waals surface area contributed by atoms with E-state index in [0.717, 1.165) is 30.8 Å². The molecule has 0 aromatic heterocycles.